The van der Waals surface area contributed by atoms with Gasteiger partial charge in [0.05, 0.1) is 6.61 Å². The fourth-order valence-corrected chi connectivity index (χ4v) is 2.70. The summed E-state index contributed by atoms with van der Waals surface area (Å²) in [4.78, 5) is 2.47. The Morgan fingerprint density at radius 1 is 1.10 bits per heavy atom. The first-order chi connectivity index (χ1) is 9.69. The van der Waals surface area contributed by atoms with Crippen LogP contribution in [0.25, 0.3) is 0 Å². The molecule has 0 saturated carbocycles. The van der Waals surface area contributed by atoms with Crippen molar-refractivity contribution in [2.75, 3.05) is 25.2 Å². The smallest absolute Gasteiger partial charge is 0.0637 e. The second-order valence-electron chi connectivity index (χ2n) is 5.23. The number of hydrogen-bond donors (Lipinski definition) is 1. The highest BCUT2D eigenvalue weighted by molar-refractivity contribution is 5.55. The quantitative estimate of drug-likeness (QED) is 0.748. The number of benzene rings is 1. The van der Waals surface area contributed by atoms with E-state index in [1.54, 1.807) is 7.11 Å². The lowest BCUT2D eigenvalue weighted by atomic mass is 10.00. The lowest BCUT2D eigenvalue weighted by Crippen LogP contribution is -2.38. The number of nitrogens with two attached hydrogens (primary N) is 1. The Bertz CT molecular complexity index is 377. The van der Waals surface area contributed by atoms with Gasteiger partial charge in [0.1, 0.15) is 0 Å². The van der Waals surface area contributed by atoms with E-state index in [1.165, 1.54) is 11.3 Å². The van der Waals surface area contributed by atoms with Gasteiger partial charge in [0.25, 0.3) is 0 Å². The van der Waals surface area contributed by atoms with Crippen LogP contribution in [-0.4, -0.2) is 26.3 Å². The van der Waals surface area contributed by atoms with Crippen LogP contribution in [0.5, 0.6) is 0 Å². The van der Waals surface area contributed by atoms with Gasteiger partial charge < -0.3 is 15.4 Å². The monoisotopic (exact) mass is 278 g/mol. The third-order valence-corrected chi connectivity index (χ3v) is 4.01. The van der Waals surface area contributed by atoms with Gasteiger partial charge in [-0.15, -0.1) is 0 Å². The maximum atomic E-state index is 6.29. The molecule has 0 heterocycles. The van der Waals surface area contributed by atoms with Crippen molar-refractivity contribution in [3.63, 3.8) is 0 Å². The number of anilines is 1. The highest BCUT2D eigenvalue weighted by Gasteiger charge is 2.20. The summed E-state index contributed by atoms with van der Waals surface area (Å²) < 4.78 is 5.29. The molecule has 20 heavy (non-hydrogen) atoms. The van der Waals surface area contributed by atoms with Gasteiger partial charge in [-0.25, -0.2) is 0 Å². The minimum atomic E-state index is 0.102. The van der Waals surface area contributed by atoms with Gasteiger partial charge >= 0.3 is 0 Å². The first-order valence-corrected chi connectivity index (χ1v) is 7.79. The first-order valence-electron chi connectivity index (χ1n) is 7.79. The minimum absolute atomic E-state index is 0.102. The summed E-state index contributed by atoms with van der Waals surface area (Å²) in [5.41, 5.74) is 8.81. The molecule has 1 rings (SSSR count). The molecule has 1 unspecified atom stereocenters. The zero-order valence-electron chi connectivity index (χ0n) is 13.4. The average Bonchev–Trinajstić information content (AvgIpc) is 2.50. The Kier molecular flexibility index (Phi) is 7.63. The Hall–Kier alpha value is -1.06. The van der Waals surface area contributed by atoms with Crippen LogP contribution < -0.4 is 10.6 Å². The molecule has 2 N–H and O–H groups in total. The largest absolute Gasteiger partial charge is 0.383 e. The molecule has 0 saturated heterocycles. The molecule has 0 spiro atoms. The number of ether oxygens (including phenoxy) is 1. The molecule has 3 heteroatoms. The average molecular weight is 278 g/mol. The molecule has 1 aromatic rings. The van der Waals surface area contributed by atoms with Crippen molar-refractivity contribution in [2.24, 2.45) is 5.73 Å². The van der Waals surface area contributed by atoms with Crippen molar-refractivity contribution < 1.29 is 4.74 Å². The Morgan fingerprint density at radius 2 is 1.75 bits per heavy atom. The highest BCUT2D eigenvalue weighted by atomic mass is 16.5. The van der Waals surface area contributed by atoms with Gasteiger partial charge in [0, 0.05) is 31.4 Å². The van der Waals surface area contributed by atoms with E-state index in [0.29, 0.717) is 6.04 Å². The van der Waals surface area contributed by atoms with Crippen LogP contribution in [0, 0.1) is 0 Å². The van der Waals surface area contributed by atoms with Crippen LogP contribution >= 0.6 is 0 Å². The number of hydrogen-bond acceptors (Lipinski definition) is 3. The predicted octanol–water partition coefficient (Wildman–Crippen LogP) is 3.74. The molecule has 114 valence electrons. The lowest BCUT2D eigenvalue weighted by molar-refractivity contribution is 0.202. The van der Waals surface area contributed by atoms with E-state index in [9.17, 15) is 0 Å². The van der Waals surface area contributed by atoms with E-state index in [2.05, 4.69) is 49.9 Å². The Morgan fingerprint density at radius 3 is 2.30 bits per heavy atom. The molecule has 0 radical (unpaired) electrons. The van der Waals surface area contributed by atoms with Gasteiger partial charge in [-0.2, -0.15) is 0 Å². The van der Waals surface area contributed by atoms with Crippen molar-refractivity contribution in [1.82, 2.24) is 0 Å². The van der Waals surface area contributed by atoms with Gasteiger partial charge in [0.15, 0.2) is 0 Å². The summed E-state index contributed by atoms with van der Waals surface area (Å²) in [6.07, 6.45) is 3.23. The molecule has 0 aliphatic rings. The molecular weight excluding hydrogens is 248 g/mol. The number of nitrogens with zero attached hydrogens (tertiary/aromatic N) is 1. The van der Waals surface area contributed by atoms with Crippen molar-refractivity contribution in [2.45, 2.75) is 52.1 Å². The van der Waals surface area contributed by atoms with E-state index in [0.717, 1.165) is 32.4 Å². The predicted molar refractivity (Wildman–Crippen MR) is 87.3 cm³/mol. The van der Waals surface area contributed by atoms with Crippen LogP contribution in [-0.2, 0) is 4.74 Å². The third-order valence-electron chi connectivity index (χ3n) is 4.01. The Balaban J connectivity index is 3.11. The minimum Gasteiger partial charge on any atom is -0.383 e. The molecule has 1 atom stereocenters. The topological polar surface area (TPSA) is 38.5 Å². The van der Waals surface area contributed by atoms with Crippen molar-refractivity contribution in [1.29, 1.82) is 0 Å². The normalized spacial score (nSPS) is 12.7. The zero-order chi connectivity index (χ0) is 15.0. The van der Waals surface area contributed by atoms with Crippen molar-refractivity contribution >= 4 is 5.69 Å². The maximum Gasteiger partial charge on any atom is 0.0637 e. The summed E-state index contributed by atoms with van der Waals surface area (Å²) in [5.74, 6) is 0. The van der Waals surface area contributed by atoms with Gasteiger partial charge in [-0.1, -0.05) is 39.0 Å². The standard InChI is InChI=1S/C17H30N2O/c1-5-14(6-2)19(12-13-20-4)17-11-9-8-10-15(17)16(18)7-3/h8-11,14,16H,5-7,12-13,18H2,1-4H3. The first kappa shape index (κ1) is 17.0. The number of para-hydroxylation sites is 1. The van der Waals surface area contributed by atoms with E-state index >= 15 is 0 Å². The summed E-state index contributed by atoms with van der Waals surface area (Å²) in [5, 5.41) is 0. The second kappa shape index (κ2) is 8.98. The van der Waals surface area contributed by atoms with Crippen molar-refractivity contribution in [3.8, 4) is 0 Å². The molecular formula is C17H30N2O. The third kappa shape index (κ3) is 4.22. The molecule has 0 aliphatic carbocycles. The van der Waals surface area contributed by atoms with E-state index in [-0.39, 0.29) is 6.04 Å². The fraction of sp³-hybridized carbons (Fsp3) is 0.647. The van der Waals surface area contributed by atoms with Crippen LogP contribution in [0.4, 0.5) is 5.69 Å². The van der Waals surface area contributed by atoms with Gasteiger partial charge in [-0.05, 0) is 30.9 Å². The van der Waals surface area contributed by atoms with Crippen LogP contribution in [0.2, 0.25) is 0 Å². The lowest BCUT2D eigenvalue weighted by Gasteiger charge is -2.35. The molecule has 1 aromatic carbocycles. The molecule has 0 aromatic heterocycles. The molecule has 0 aliphatic heterocycles. The molecule has 3 nitrogen and oxygen atoms in total. The van der Waals surface area contributed by atoms with E-state index in [1.807, 2.05) is 0 Å². The fourth-order valence-electron chi connectivity index (χ4n) is 2.70. The van der Waals surface area contributed by atoms with Crippen molar-refractivity contribution in [3.05, 3.63) is 29.8 Å². The summed E-state index contributed by atoms with van der Waals surface area (Å²) >= 11 is 0. The highest BCUT2D eigenvalue weighted by Crippen LogP contribution is 2.29. The van der Waals surface area contributed by atoms with Gasteiger partial charge in [-0.3, -0.25) is 0 Å². The maximum absolute atomic E-state index is 6.29. The molecule has 0 bridgehead atoms. The number of methoxy groups -OCH3 is 1. The molecule has 0 fully saturated rings. The summed E-state index contributed by atoms with van der Waals surface area (Å²) in [6.45, 7) is 8.28. The zero-order valence-corrected chi connectivity index (χ0v) is 13.4. The Labute approximate surface area is 124 Å². The SMILES string of the molecule is CCC(N)c1ccccc1N(CCOC)C(CC)CC. The second-order valence-corrected chi connectivity index (χ2v) is 5.23. The summed E-state index contributed by atoms with van der Waals surface area (Å²) in [7, 11) is 1.76. The number of rotatable bonds is 9. The summed E-state index contributed by atoms with van der Waals surface area (Å²) in [6, 6.07) is 9.17. The van der Waals surface area contributed by atoms with E-state index < -0.39 is 0 Å². The van der Waals surface area contributed by atoms with Crippen LogP contribution in [0.3, 0.4) is 0 Å². The van der Waals surface area contributed by atoms with Crippen LogP contribution in [0.1, 0.15) is 51.6 Å². The van der Waals surface area contributed by atoms with Gasteiger partial charge in [0.2, 0.25) is 0 Å². The van der Waals surface area contributed by atoms with Crippen LogP contribution in [0.15, 0.2) is 24.3 Å². The van der Waals surface area contributed by atoms with E-state index in [4.69, 9.17) is 10.5 Å². The molecule has 0 amide bonds.